The normalized spacial score (nSPS) is 18.1. The largest absolute Gasteiger partial charge is 0.493 e. The summed E-state index contributed by atoms with van der Waals surface area (Å²) in [7, 11) is 1.72. The fourth-order valence-corrected chi connectivity index (χ4v) is 2.85. The zero-order chi connectivity index (χ0) is 16.5. The van der Waals surface area contributed by atoms with Gasteiger partial charge in [0.05, 0.1) is 19.6 Å². The average Bonchev–Trinajstić information content (AvgIpc) is 2.99. The summed E-state index contributed by atoms with van der Waals surface area (Å²) >= 11 is 5.88. The molecular weight excluding hydrogens is 316 g/mol. The molecule has 2 rings (SSSR count). The van der Waals surface area contributed by atoms with Crippen LogP contribution in [0.5, 0.6) is 5.75 Å². The summed E-state index contributed by atoms with van der Waals surface area (Å²) in [4.78, 5) is 14.2. The maximum absolute atomic E-state index is 11.9. The molecule has 1 fully saturated rings. The van der Waals surface area contributed by atoms with Crippen molar-refractivity contribution in [2.24, 2.45) is 5.92 Å². The molecule has 6 heteroatoms. The van der Waals surface area contributed by atoms with Gasteiger partial charge in [-0.1, -0.05) is 17.7 Å². The lowest BCUT2D eigenvalue weighted by Gasteiger charge is -2.15. The Morgan fingerprint density at radius 1 is 1.43 bits per heavy atom. The molecule has 1 amide bonds. The summed E-state index contributed by atoms with van der Waals surface area (Å²) in [6.07, 6.45) is 1.48. The first-order valence-corrected chi connectivity index (χ1v) is 8.41. The summed E-state index contributed by atoms with van der Waals surface area (Å²) in [5.74, 6) is 1.25. The minimum atomic E-state index is 0.0300. The summed E-state index contributed by atoms with van der Waals surface area (Å²) in [5, 5.41) is 3.63. The molecule has 0 aromatic heterocycles. The van der Waals surface area contributed by atoms with E-state index in [9.17, 15) is 4.79 Å². The molecule has 0 bridgehead atoms. The van der Waals surface area contributed by atoms with E-state index in [0.717, 1.165) is 39.2 Å². The molecule has 0 aliphatic carbocycles. The number of nitrogens with one attached hydrogen (secondary N) is 1. The van der Waals surface area contributed by atoms with Crippen LogP contribution in [-0.2, 0) is 9.53 Å². The number of halogens is 1. The molecule has 1 heterocycles. The minimum Gasteiger partial charge on any atom is -0.493 e. The highest BCUT2D eigenvalue weighted by atomic mass is 35.5. The van der Waals surface area contributed by atoms with Crippen LogP contribution in [0.25, 0.3) is 0 Å². The average molecular weight is 341 g/mol. The lowest BCUT2D eigenvalue weighted by atomic mass is 10.1. The molecule has 23 heavy (non-hydrogen) atoms. The van der Waals surface area contributed by atoms with Crippen LogP contribution >= 0.6 is 11.6 Å². The Labute approximate surface area is 142 Å². The predicted octanol–water partition coefficient (Wildman–Crippen LogP) is 2.19. The quantitative estimate of drug-likeness (QED) is 0.748. The third-order valence-electron chi connectivity index (χ3n) is 3.96. The van der Waals surface area contributed by atoms with Gasteiger partial charge in [0, 0.05) is 31.8 Å². The molecule has 5 nitrogen and oxygen atoms in total. The van der Waals surface area contributed by atoms with E-state index in [1.54, 1.807) is 19.2 Å². The van der Waals surface area contributed by atoms with Crippen LogP contribution in [0.2, 0.25) is 5.02 Å². The van der Waals surface area contributed by atoms with Crippen LogP contribution in [0.1, 0.15) is 12.8 Å². The van der Waals surface area contributed by atoms with Crippen LogP contribution < -0.4 is 10.1 Å². The molecule has 1 aliphatic heterocycles. The Kier molecular flexibility index (Phi) is 7.65. The molecule has 0 radical (unpaired) electrons. The van der Waals surface area contributed by atoms with E-state index in [-0.39, 0.29) is 5.91 Å². The van der Waals surface area contributed by atoms with E-state index >= 15 is 0 Å². The number of carbonyl (C=O) groups excluding carboxylic acids is 1. The van der Waals surface area contributed by atoms with E-state index < -0.39 is 0 Å². The molecule has 1 aromatic carbocycles. The van der Waals surface area contributed by atoms with Gasteiger partial charge in [0.25, 0.3) is 0 Å². The fraction of sp³-hybridized carbons (Fsp3) is 0.588. The van der Waals surface area contributed by atoms with Gasteiger partial charge in [-0.05, 0) is 37.1 Å². The van der Waals surface area contributed by atoms with E-state index in [2.05, 4.69) is 10.2 Å². The molecule has 0 saturated carbocycles. The monoisotopic (exact) mass is 340 g/mol. The Morgan fingerprint density at radius 2 is 2.30 bits per heavy atom. The van der Waals surface area contributed by atoms with E-state index in [1.807, 2.05) is 12.1 Å². The lowest BCUT2D eigenvalue weighted by molar-refractivity contribution is -0.121. The second kappa shape index (κ2) is 9.75. The number of amides is 1. The predicted molar refractivity (Wildman–Crippen MR) is 91.0 cm³/mol. The number of rotatable bonds is 9. The van der Waals surface area contributed by atoms with Crippen LogP contribution in [0.4, 0.5) is 0 Å². The highest BCUT2D eigenvalue weighted by molar-refractivity contribution is 6.30. The fourth-order valence-electron chi connectivity index (χ4n) is 2.67. The first-order valence-electron chi connectivity index (χ1n) is 8.03. The Balaban J connectivity index is 1.57. The Hall–Kier alpha value is -1.30. The summed E-state index contributed by atoms with van der Waals surface area (Å²) in [6.45, 7) is 4.94. The number of carbonyl (C=O) groups is 1. The van der Waals surface area contributed by atoms with Gasteiger partial charge in [0.2, 0.25) is 5.91 Å². The van der Waals surface area contributed by atoms with Crippen LogP contribution in [0, 0.1) is 5.92 Å². The van der Waals surface area contributed by atoms with Crippen molar-refractivity contribution >= 4 is 17.5 Å². The van der Waals surface area contributed by atoms with Gasteiger partial charge < -0.3 is 19.7 Å². The first-order chi connectivity index (χ1) is 11.2. The van der Waals surface area contributed by atoms with E-state index in [0.29, 0.717) is 29.7 Å². The number of hydrogen-bond donors (Lipinski definition) is 1. The van der Waals surface area contributed by atoms with Crippen LogP contribution in [-0.4, -0.2) is 57.3 Å². The molecule has 1 atom stereocenters. The molecule has 1 saturated heterocycles. The van der Waals surface area contributed by atoms with Gasteiger partial charge in [0.15, 0.2) is 0 Å². The van der Waals surface area contributed by atoms with Crippen molar-refractivity contribution in [2.75, 3.05) is 46.5 Å². The summed E-state index contributed by atoms with van der Waals surface area (Å²) in [6, 6.07) is 7.19. The number of benzene rings is 1. The van der Waals surface area contributed by atoms with Crippen LogP contribution in [0.15, 0.2) is 24.3 Å². The van der Waals surface area contributed by atoms with Crippen molar-refractivity contribution in [3.05, 3.63) is 29.3 Å². The van der Waals surface area contributed by atoms with Crippen molar-refractivity contribution in [1.29, 1.82) is 0 Å². The van der Waals surface area contributed by atoms with Gasteiger partial charge in [0.1, 0.15) is 5.75 Å². The molecule has 1 aliphatic rings. The highest BCUT2D eigenvalue weighted by Crippen LogP contribution is 2.17. The maximum Gasteiger partial charge on any atom is 0.223 e. The number of hydrogen-bond acceptors (Lipinski definition) is 4. The van der Waals surface area contributed by atoms with Gasteiger partial charge in [-0.3, -0.25) is 4.79 Å². The molecule has 128 valence electrons. The third kappa shape index (κ3) is 6.77. The topological polar surface area (TPSA) is 50.8 Å². The van der Waals surface area contributed by atoms with Gasteiger partial charge >= 0.3 is 0 Å². The molecular formula is C17H25ClN2O3. The Morgan fingerprint density at radius 3 is 3.09 bits per heavy atom. The number of ether oxygens (including phenoxy) is 2. The van der Waals surface area contributed by atoms with Gasteiger partial charge in [-0.2, -0.15) is 0 Å². The van der Waals surface area contributed by atoms with Crippen molar-refractivity contribution < 1.29 is 14.3 Å². The van der Waals surface area contributed by atoms with Crippen LogP contribution in [0.3, 0.4) is 0 Å². The third-order valence-corrected chi connectivity index (χ3v) is 4.20. The molecule has 1 N–H and O–H groups in total. The Bertz CT molecular complexity index is 498. The van der Waals surface area contributed by atoms with Gasteiger partial charge in [-0.25, -0.2) is 0 Å². The van der Waals surface area contributed by atoms with Crippen molar-refractivity contribution in [1.82, 2.24) is 10.2 Å². The minimum absolute atomic E-state index is 0.0300. The summed E-state index contributed by atoms with van der Waals surface area (Å²) in [5.41, 5.74) is 0. The van der Waals surface area contributed by atoms with Crippen molar-refractivity contribution in [2.45, 2.75) is 12.8 Å². The van der Waals surface area contributed by atoms with Gasteiger partial charge in [-0.15, -0.1) is 0 Å². The first kappa shape index (κ1) is 18.0. The number of likely N-dealkylation sites (tertiary alicyclic amines) is 1. The molecule has 1 aromatic rings. The highest BCUT2D eigenvalue weighted by Gasteiger charge is 2.22. The second-order valence-corrected chi connectivity index (χ2v) is 6.24. The SMILES string of the molecule is COCCN1CC[C@H](CNC(=O)CCOc2cccc(Cl)c2)C1. The van der Waals surface area contributed by atoms with Crippen molar-refractivity contribution in [3.63, 3.8) is 0 Å². The van der Waals surface area contributed by atoms with E-state index in [4.69, 9.17) is 21.1 Å². The second-order valence-electron chi connectivity index (χ2n) is 5.81. The zero-order valence-corrected chi connectivity index (χ0v) is 14.3. The summed E-state index contributed by atoms with van der Waals surface area (Å²) < 4.78 is 10.6. The molecule has 0 unspecified atom stereocenters. The lowest BCUT2D eigenvalue weighted by Crippen LogP contribution is -2.32. The number of methoxy groups -OCH3 is 1. The smallest absolute Gasteiger partial charge is 0.223 e. The zero-order valence-electron chi connectivity index (χ0n) is 13.6. The maximum atomic E-state index is 11.9. The molecule has 0 spiro atoms. The standard InChI is InChI=1S/C17H25ClN2O3/c1-22-10-8-20-7-5-14(13-20)12-19-17(21)6-9-23-16-4-2-3-15(18)11-16/h2-4,11,14H,5-10,12-13H2,1H3,(H,19,21)/t14-/m1/s1. The van der Waals surface area contributed by atoms with E-state index in [1.165, 1.54) is 0 Å². The van der Waals surface area contributed by atoms with Crippen molar-refractivity contribution in [3.8, 4) is 5.75 Å². The number of nitrogens with zero attached hydrogens (tertiary/aromatic N) is 1.